The van der Waals surface area contributed by atoms with Crippen molar-refractivity contribution in [2.24, 2.45) is 0 Å². The molecule has 4 nitrogen and oxygen atoms in total. The molecule has 0 saturated carbocycles. The van der Waals surface area contributed by atoms with Gasteiger partial charge < -0.3 is 15.3 Å². The van der Waals surface area contributed by atoms with Crippen LogP contribution in [0.1, 0.15) is 6.42 Å². The number of halogens is 2. The molecular formula is C7H16Cl2N2O2. The maximum atomic E-state index is 11.3. The summed E-state index contributed by atoms with van der Waals surface area (Å²) in [7, 11) is 1.79. The van der Waals surface area contributed by atoms with E-state index in [0.717, 1.165) is 13.1 Å². The molecule has 1 unspecified atom stereocenters. The first-order chi connectivity index (χ1) is 5.25. The summed E-state index contributed by atoms with van der Waals surface area (Å²) in [5.74, 6) is 0.0882. The van der Waals surface area contributed by atoms with Crippen LogP contribution in [0.3, 0.4) is 0 Å². The van der Waals surface area contributed by atoms with E-state index < -0.39 is 0 Å². The highest BCUT2D eigenvalue weighted by Gasteiger charge is 2.24. The van der Waals surface area contributed by atoms with Crippen molar-refractivity contribution in [3.63, 3.8) is 0 Å². The van der Waals surface area contributed by atoms with Crippen LogP contribution in [0.4, 0.5) is 0 Å². The van der Waals surface area contributed by atoms with Gasteiger partial charge in [0.1, 0.15) is 0 Å². The van der Waals surface area contributed by atoms with Gasteiger partial charge in [-0.15, -0.1) is 24.8 Å². The van der Waals surface area contributed by atoms with Crippen LogP contribution in [0.15, 0.2) is 0 Å². The minimum absolute atomic E-state index is 0. The zero-order valence-corrected chi connectivity index (χ0v) is 9.16. The molecule has 0 spiro atoms. The van der Waals surface area contributed by atoms with Crippen LogP contribution >= 0.6 is 24.8 Å². The highest BCUT2D eigenvalue weighted by atomic mass is 35.5. The molecule has 1 aliphatic heterocycles. The van der Waals surface area contributed by atoms with Gasteiger partial charge in [-0.2, -0.15) is 0 Å². The number of carbonyl (C=O) groups is 1. The van der Waals surface area contributed by atoms with Crippen LogP contribution in [0.5, 0.6) is 0 Å². The fourth-order valence-electron chi connectivity index (χ4n) is 1.22. The zero-order chi connectivity index (χ0) is 8.27. The molecule has 1 rings (SSSR count). The molecule has 1 heterocycles. The number of rotatable bonds is 2. The van der Waals surface area contributed by atoms with Crippen molar-refractivity contribution < 1.29 is 9.90 Å². The molecule has 13 heavy (non-hydrogen) atoms. The number of carbonyl (C=O) groups excluding carboxylic acids is 1. The number of piperazine rings is 1. The topological polar surface area (TPSA) is 52.6 Å². The van der Waals surface area contributed by atoms with Gasteiger partial charge in [0.05, 0.1) is 6.04 Å². The molecule has 1 saturated heterocycles. The number of aliphatic hydroxyl groups excluding tert-OH is 1. The van der Waals surface area contributed by atoms with Crippen LogP contribution in [0.25, 0.3) is 0 Å². The van der Waals surface area contributed by atoms with Gasteiger partial charge in [-0.05, 0) is 6.42 Å². The van der Waals surface area contributed by atoms with E-state index >= 15 is 0 Å². The Morgan fingerprint density at radius 3 is 2.77 bits per heavy atom. The average Bonchev–Trinajstić information content (AvgIpc) is 1.99. The van der Waals surface area contributed by atoms with Crippen molar-refractivity contribution in [3.8, 4) is 0 Å². The lowest BCUT2D eigenvalue weighted by Crippen LogP contribution is -2.53. The van der Waals surface area contributed by atoms with Crippen LogP contribution in [-0.4, -0.2) is 48.7 Å². The summed E-state index contributed by atoms with van der Waals surface area (Å²) < 4.78 is 0. The van der Waals surface area contributed by atoms with E-state index in [1.807, 2.05) is 0 Å². The van der Waals surface area contributed by atoms with Crippen molar-refractivity contribution in [1.82, 2.24) is 10.2 Å². The molecule has 0 aliphatic carbocycles. The fraction of sp³-hybridized carbons (Fsp3) is 0.857. The molecule has 1 amide bonds. The Bertz CT molecular complexity index is 155. The third-order valence-corrected chi connectivity index (χ3v) is 1.93. The van der Waals surface area contributed by atoms with E-state index in [4.69, 9.17) is 5.11 Å². The Morgan fingerprint density at radius 1 is 1.62 bits per heavy atom. The van der Waals surface area contributed by atoms with Crippen molar-refractivity contribution in [2.75, 3.05) is 26.7 Å². The largest absolute Gasteiger partial charge is 0.396 e. The molecule has 6 heteroatoms. The number of hydrogen-bond acceptors (Lipinski definition) is 3. The van der Waals surface area contributed by atoms with Crippen molar-refractivity contribution in [2.45, 2.75) is 12.5 Å². The Kier molecular flexibility index (Phi) is 8.77. The SMILES string of the molecule is CN1CCNC(CCO)C1=O.Cl.Cl. The Balaban J connectivity index is 0. The summed E-state index contributed by atoms with van der Waals surface area (Å²) >= 11 is 0. The average molecular weight is 231 g/mol. The molecule has 80 valence electrons. The van der Waals surface area contributed by atoms with Crippen molar-refractivity contribution in [1.29, 1.82) is 0 Å². The second-order valence-electron chi connectivity index (χ2n) is 2.78. The Morgan fingerprint density at radius 2 is 2.23 bits per heavy atom. The molecule has 1 aliphatic rings. The summed E-state index contributed by atoms with van der Waals surface area (Å²) in [5.41, 5.74) is 0. The van der Waals surface area contributed by atoms with Gasteiger partial charge in [0.25, 0.3) is 0 Å². The van der Waals surface area contributed by atoms with Crippen LogP contribution in [0.2, 0.25) is 0 Å². The van der Waals surface area contributed by atoms with Gasteiger partial charge in [-0.3, -0.25) is 4.79 Å². The number of nitrogens with one attached hydrogen (secondary N) is 1. The molecule has 0 aromatic carbocycles. The van der Waals surface area contributed by atoms with Crippen LogP contribution < -0.4 is 5.32 Å². The number of nitrogens with zero attached hydrogens (tertiary/aromatic N) is 1. The lowest BCUT2D eigenvalue weighted by Gasteiger charge is -2.29. The second kappa shape index (κ2) is 7.38. The first-order valence-corrected chi connectivity index (χ1v) is 3.85. The van der Waals surface area contributed by atoms with Gasteiger partial charge in [-0.1, -0.05) is 0 Å². The van der Waals surface area contributed by atoms with Crippen LogP contribution in [0, 0.1) is 0 Å². The normalized spacial score (nSPS) is 21.8. The molecule has 0 bridgehead atoms. The lowest BCUT2D eigenvalue weighted by atomic mass is 10.1. The molecule has 1 atom stereocenters. The second-order valence-corrected chi connectivity index (χ2v) is 2.78. The highest BCUT2D eigenvalue weighted by Crippen LogP contribution is 2.01. The maximum absolute atomic E-state index is 11.3. The molecular weight excluding hydrogens is 215 g/mol. The monoisotopic (exact) mass is 230 g/mol. The predicted octanol–water partition coefficient (Wildman–Crippen LogP) is -0.357. The minimum atomic E-state index is -0.168. The minimum Gasteiger partial charge on any atom is -0.396 e. The number of hydrogen-bond donors (Lipinski definition) is 2. The van der Waals surface area contributed by atoms with E-state index in [1.54, 1.807) is 11.9 Å². The first kappa shape index (κ1) is 15.4. The first-order valence-electron chi connectivity index (χ1n) is 3.85. The lowest BCUT2D eigenvalue weighted by molar-refractivity contribution is -0.134. The van der Waals surface area contributed by atoms with Gasteiger partial charge in [0, 0.05) is 26.7 Å². The fourth-order valence-corrected chi connectivity index (χ4v) is 1.22. The zero-order valence-electron chi connectivity index (χ0n) is 7.52. The van der Waals surface area contributed by atoms with Crippen molar-refractivity contribution >= 4 is 30.7 Å². The quantitative estimate of drug-likeness (QED) is 0.682. The number of aliphatic hydroxyl groups is 1. The van der Waals surface area contributed by atoms with E-state index in [2.05, 4.69) is 5.32 Å². The van der Waals surface area contributed by atoms with Crippen LogP contribution in [-0.2, 0) is 4.79 Å². The van der Waals surface area contributed by atoms with E-state index in [0.29, 0.717) is 6.42 Å². The smallest absolute Gasteiger partial charge is 0.239 e. The van der Waals surface area contributed by atoms with E-state index in [-0.39, 0.29) is 43.4 Å². The standard InChI is InChI=1S/C7H14N2O2.2ClH/c1-9-4-3-8-6(2-5-10)7(9)11;;/h6,8,10H,2-5H2,1H3;2*1H. The number of likely N-dealkylation sites (N-methyl/N-ethyl adjacent to an activating group) is 1. The highest BCUT2D eigenvalue weighted by molar-refractivity contribution is 5.85. The van der Waals surface area contributed by atoms with Gasteiger partial charge in [0.15, 0.2) is 0 Å². The molecule has 1 fully saturated rings. The van der Waals surface area contributed by atoms with E-state index in [9.17, 15) is 4.79 Å². The Labute approximate surface area is 90.5 Å². The van der Waals surface area contributed by atoms with Crippen molar-refractivity contribution in [3.05, 3.63) is 0 Å². The Hall–Kier alpha value is -0.0300. The third kappa shape index (κ3) is 4.13. The summed E-state index contributed by atoms with van der Waals surface area (Å²) in [6.07, 6.45) is 0.517. The third-order valence-electron chi connectivity index (χ3n) is 1.93. The summed E-state index contributed by atoms with van der Waals surface area (Å²) in [5, 5.41) is 11.7. The maximum Gasteiger partial charge on any atom is 0.239 e. The summed E-state index contributed by atoms with van der Waals surface area (Å²) in [4.78, 5) is 13.0. The molecule has 0 aromatic heterocycles. The van der Waals surface area contributed by atoms with E-state index in [1.165, 1.54) is 0 Å². The van der Waals surface area contributed by atoms with Gasteiger partial charge >= 0.3 is 0 Å². The van der Waals surface area contributed by atoms with Gasteiger partial charge in [0.2, 0.25) is 5.91 Å². The summed E-state index contributed by atoms with van der Waals surface area (Å²) in [6.45, 7) is 1.66. The molecule has 2 N–H and O–H groups in total. The molecule has 0 radical (unpaired) electrons. The number of amides is 1. The molecule has 0 aromatic rings. The predicted molar refractivity (Wildman–Crippen MR) is 55.6 cm³/mol. The van der Waals surface area contributed by atoms with Gasteiger partial charge in [-0.25, -0.2) is 0 Å². The summed E-state index contributed by atoms with van der Waals surface area (Å²) in [6, 6.07) is -0.168.